The number of alkyl halides is 3. The van der Waals surface area contributed by atoms with Gasteiger partial charge in [-0.05, 0) is 33.6 Å². The molecule has 1 aliphatic carbocycles. The van der Waals surface area contributed by atoms with E-state index in [4.69, 9.17) is 9.84 Å². The van der Waals surface area contributed by atoms with E-state index in [0.717, 1.165) is 12.8 Å². The molecule has 2 rings (SSSR count). The smallest absolute Gasteiger partial charge is 0.415 e. The van der Waals surface area contributed by atoms with E-state index >= 15 is 0 Å². The van der Waals surface area contributed by atoms with E-state index in [1.807, 2.05) is 0 Å². The molecule has 2 N–H and O–H groups in total. The number of carbonyl (C=O) groups is 1. The second kappa shape index (κ2) is 5.56. The van der Waals surface area contributed by atoms with Crippen LogP contribution in [0.25, 0.3) is 0 Å². The van der Waals surface area contributed by atoms with Crippen LogP contribution in [-0.2, 0) is 4.74 Å². The highest BCUT2D eigenvalue weighted by atomic mass is 19.4. The first kappa shape index (κ1) is 17.3. The number of likely N-dealkylation sites (tertiary alicyclic amines) is 1. The molecule has 0 bridgehead atoms. The van der Waals surface area contributed by atoms with Crippen LogP contribution in [-0.4, -0.2) is 59.7 Å². The second-order valence-electron chi connectivity index (χ2n) is 7.41. The zero-order valence-corrected chi connectivity index (χ0v) is 13.0. The van der Waals surface area contributed by atoms with Crippen molar-refractivity contribution in [1.82, 2.24) is 10.2 Å². The van der Waals surface area contributed by atoms with Gasteiger partial charge in [0.1, 0.15) is 5.60 Å². The van der Waals surface area contributed by atoms with Crippen molar-refractivity contribution in [3.8, 4) is 0 Å². The number of nitrogens with one attached hydrogen (secondary N) is 1. The molecule has 0 aromatic carbocycles. The zero-order valence-electron chi connectivity index (χ0n) is 13.0. The molecule has 128 valence electrons. The second-order valence-corrected chi connectivity index (χ2v) is 7.41. The maximum absolute atomic E-state index is 12.2. The lowest BCUT2D eigenvalue weighted by Gasteiger charge is -2.58. The minimum absolute atomic E-state index is 0.0117. The lowest BCUT2D eigenvalue weighted by atomic mass is 9.61. The molecule has 0 aromatic rings. The number of rotatable bonds is 3. The van der Waals surface area contributed by atoms with Crippen LogP contribution in [0, 0.1) is 5.41 Å². The van der Waals surface area contributed by atoms with Gasteiger partial charge in [0.2, 0.25) is 0 Å². The Balaban J connectivity index is 1.66. The Labute approximate surface area is 127 Å². The Morgan fingerprint density at radius 2 is 1.91 bits per heavy atom. The van der Waals surface area contributed by atoms with E-state index in [1.54, 1.807) is 25.7 Å². The van der Waals surface area contributed by atoms with E-state index in [1.165, 1.54) is 0 Å². The molecule has 1 unspecified atom stereocenters. The van der Waals surface area contributed by atoms with Crippen LogP contribution < -0.4 is 5.32 Å². The van der Waals surface area contributed by atoms with Crippen molar-refractivity contribution in [2.75, 3.05) is 19.6 Å². The average Bonchev–Trinajstić information content (AvgIpc) is 2.19. The van der Waals surface area contributed by atoms with E-state index in [-0.39, 0.29) is 17.6 Å². The summed E-state index contributed by atoms with van der Waals surface area (Å²) in [5, 5.41) is 11.6. The maximum atomic E-state index is 12.2. The van der Waals surface area contributed by atoms with Crippen LogP contribution >= 0.6 is 0 Å². The first-order chi connectivity index (χ1) is 9.90. The fraction of sp³-hybridized carbons (Fsp3) is 0.929. The van der Waals surface area contributed by atoms with E-state index in [2.05, 4.69) is 5.32 Å². The van der Waals surface area contributed by atoms with Crippen LogP contribution in [0.5, 0.6) is 0 Å². The minimum atomic E-state index is -4.58. The molecule has 8 heteroatoms. The highest BCUT2D eigenvalue weighted by Gasteiger charge is 2.54. The first-order valence-electron chi connectivity index (χ1n) is 7.36. The number of aliphatic hydroxyl groups is 1. The molecule has 5 nitrogen and oxygen atoms in total. The average molecular weight is 324 g/mol. The minimum Gasteiger partial charge on any atom is -0.444 e. The number of ether oxygens (including phenoxy) is 1. The van der Waals surface area contributed by atoms with Gasteiger partial charge in [0, 0.05) is 31.1 Å². The SMILES string of the molecule is CC(C)(C)OC(=O)N1CC2(CC(NCC(O)C(F)(F)F)C2)C1. The normalized spacial score (nSPS) is 23.0. The quantitative estimate of drug-likeness (QED) is 0.832. The van der Waals surface area contributed by atoms with Gasteiger partial charge < -0.3 is 20.1 Å². The number of amides is 1. The van der Waals surface area contributed by atoms with E-state index < -0.39 is 24.4 Å². The largest absolute Gasteiger partial charge is 0.444 e. The molecule has 1 aliphatic heterocycles. The summed E-state index contributed by atoms with van der Waals surface area (Å²) in [5.74, 6) is 0. The number of hydrogen-bond donors (Lipinski definition) is 2. The Morgan fingerprint density at radius 1 is 1.36 bits per heavy atom. The van der Waals surface area contributed by atoms with Crippen molar-refractivity contribution < 1.29 is 27.8 Å². The summed E-state index contributed by atoms with van der Waals surface area (Å²) in [6, 6.07) is -0.0298. The first-order valence-corrected chi connectivity index (χ1v) is 7.36. The molecule has 1 saturated heterocycles. The van der Waals surface area contributed by atoms with Crippen molar-refractivity contribution in [3.05, 3.63) is 0 Å². The van der Waals surface area contributed by atoms with Crippen LogP contribution in [0.2, 0.25) is 0 Å². The summed E-state index contributed by atoms with van der Waals surface area (Å²) < 4.78 is 41.8. The van der Waals surface area contributed by atoms with E-state index in [9.17, 15) is 18.0 Å². The van der Waals surface area contributed by atoms with Crippen molar-refractivity contribution in [1.29, 1.82) is 0 Å². The Morgan fingerprint density at radius 3 is 2.36 bits per heavy atom. The molecule has 1 spiro atoms. The molecule has 0 aromatic heterocycles. The predicted molar refractivity (Wildman–Crippen MR) is 73.3 cm³/mol. The van der Waals surface area contributed by atoms with Gasteiger partial charge >= 0.3 is 12.3 Å². The molecule has 1 saturated carbocycles. The van der Waals surface area contributed by atoms with Gasteiger partial charge in [-0.2, -0.15) is 13.2 Å². The molecule has 1 atom stereocenters. The number of carbonyl (C=O) groups excluding carboxylic acids is 1. The third-order valence-corrected chi connectivity index (χ3v) is 4.04. The predicted octanol–water partition coefficient (Wildman–Crippen LogP) is 1.90. The Bertz CT molecular complexity index is 420. The molecule has 22 heavy (non-hydrogen) atoms. The summed E-state index contributed by atoms with van der Waals surface area (Å²) >= 11 is 0. The van der Waals surface area contributed by atoms with Crippen molar-refractivity contribution >= 4 is 6.09 Å². The zero-order chi connectivity index (χ0) is 16.8. The number of aliphatic hydroxyl groups excluding tert-OH is 1. The van der Waals surface area contributed by atoms with Crippen LogP contribution in [0.1, 0.15) is 33.6 Å². The molecular weight excluding hydrogens is 301 g/mol. The monoisotopic (exact) mass is 324 g/mol. The Kier molecular flexibility index (Phi) is 4.38. The molecule has 2 fully saturated rings. The van der Waals surface area contributed by atoms with Crippen molar-refractivity contribution in [2.45, 2.75) is 57.5 Å². The third-order valence-electron chi connectivity index (χ3n) is 4.04. The van der Waals surface area contributed by atoms with E-state index in [0.29, 0.717) is 13.1 Å². The van der Waals surface area contributed by atoms with Crippen molar-refractivity contribution in [3.63, 3.8) is 0 Å². The summed E-state index contributed by atoms with van der Waals surface area (Å²) in [7, 11) is 0. The highest BCUT2D eigenvalue weighted by molar-refractivity contribution is 5.69. The Hall–Kier alpha value is -1.02. The molecule has 1 heterocycles. The lowest BCUT2D eigenvalue weighted by Crippen LogP contribution is -2.67. The highest BCUT2D eigenvalue weighted by Crippen LogP contribution is 2.48. The number of nitrogens with zero attached hydrogens (tertiary/aromatic N) is 1. The fourth-order valence-electron chi connectivity index (χ4n) is 3.00. The maximum Gasteiger partial charge on any atom is 0.415 e. The lowest BCUT2D eigenvalue weighted by molar-refractivity contribution is -0.203. The van der Waals surface area contributed by atoms with Gasteiger partial charge in [-0.15, -0.1) is 0 Å². The van der Waals surface area contributed by atoms with Gasteiger partial charge in [-0.1, -0.05) is 0 Å². The topological polar surface area (TPSA) is 61.8 Å². The third kappa shape index (κ3) is 4.04. The molecular formula is C14H23F3N2O3. The molecule has 0 radical (unpaired) electrons. The van der Waals surface area contributed by atoms with Gasteiger partial charge in [0.25, 0.3) is 0 Å². The van der Waals surface area contributed by atoms with Gasteiger partial charge in [-0.3, -0.25) is 0 Å². The standard InChI is InChI=1S/C14H23F3N2O3/c1-12(2,3)22-11(21)19-7-13(8-19)4-9(5-13)18-6-10(20)14(15,16)17/h9-10,18,20H,4-8H2,1-3H3. The number of hydrogen-bond acceptors (Lipinski definition) is 4. The summed E-state index contributed by atoms with van der Waals surface area (Å²) in [6.07, 6.45) is -5.82. The summed E-state index contributed by atoms with van der Waals surface area (Å²) in [5.41, 5.74) is -0.519. The van der Waals surface area contributed by atoms with Crippen LogP contribution in [0.15, 0.2) is 0 Å². The molecule has 1 amide bonds. The molecule has 2 aliphatic rings. The van der Waals surface area contributed by atoms with Gasteiger partial charge in [0.05, 0.1) is 0 Å². The van der Waals surface area contributed by atoms with Crippen molar-refractivity contribution in [2.24, 2.45) is 5.41 Å². The van der Waals surface area contributed by atoms with Crippen LogP contribution in [0.4, 0.5) is 18.0 Å². The number of halogens is 3. The van der Waals surface area contributed by atoms with Gasteiger partial charge in [-0.25, -0.2) is 4.79 Å². The van der Waals surface area contributed by atoms with Crippen LogP contribution in [0.3, 0.4) is 0 Å². The fourth-order valence-corrected chi connectivity index (χ4v) is 3.00. The summed E-state index contributed by atoms with van der Waals surface area (Å²) in [6.45, 7) is 6.09. The van der Waals surface area contributed by atoms with Gasteiger partial charge in [0.15, 0.2) is 6.10 Å². The summed E-state index contributed by atoms with van der Waals surface area (Å²) in [4.78, 5) is 13.4.